The fourth-order valence-corrected chi connectivity index (χ4v) is 2.29. The fourth-order valence-electron chi connectivity index (χ4n) is 2.29. The quantitative estimate of drug-likeness (QED) is 0.760. The maximum Gasteiger partial charge on any atom is 0.287 e. The van der Waals surface area contributed by atoms with E-state index < -0.39 is 0 Å². The summed E-state index contributed by atoms with van der Waals surface area (Å²) in [5.41, 5.74) is 1.10. The van der Waals surface area contributed by atoms with E-state index >= 15 is 0 Å². The van der Waals surface area contributed by atoms with Crippen LogP contribution in [0.15, 0.2) is 10.5 Å². The molecular weight excluding hydrogens is 268 g/mol. The second-order valence-corrected chi connectivity index (χ2v) is 5.20. The number of carbonyl (C=O) groups is 1. The first-order chi connectivity index (χ1) is 10.0. The van der Waals surface area contributed by atoms with Gasteiger partial charge in [0.25, 0.3) is 5.91 Å². The van der Waals surface area contributed by atoms with E-state index in [4.69, 9.17) is 9.15 Å². The van der Waals surface area contributed by atoms with Crippen molar-refractivity contribution in [3.8, 4) is 0 Å². The van der Waals surface area contributed by atoms with Crippen LogP contribution in [-0.4, -0.2) is 43.7 Å². The van der Waals surface area contributed by atoms with Gasteiger partial charge in [0.15, 0.2) is 5.76 Å². The van der Waals surface area contributed by atoms with E-state index in [0.29, 0.717) is 12.4 Å². The van der Waals surface area contributed by atoms with Gasteiger partial charge in [-0.25, -0.2) is 0 Å². The van der Waals surface area contributed by atoms with Crippen LogP contribution >= 0.6 is 0 Å². The highest BCUT2D eigenvalue weighted by atomic mass is 16.5. The molecule has 0 saturated carbocycles. The van der Waals surface area contributed by atoms with E-state index in [1.54, 1.807) is 7.11 Å². The molecule has 5 heteroatoms. The number of nitrogens with one attached hydrogen (secondary N) is 1. The lowest BCUT2D eigenvalue weighted by Crippen LogP contribution is -2.35. The Kier molecular flexibility index (Phi) is 7.47. The lowest BCUT2D eigenvalue weighted by molar-refractivity contribution is 0.0876. The predicted molar refractivity (Wildman–Crippen MR) is 83.5 cm³/mol. The minimum atomic E-state index is -0.181. The Balaban J connectivity index is 2.80. The van der Waals surface area contributed by atoms with Crippen LogP contribution in [0.25, 0.3) is 0 Å². The number of aryl methyl sites for hydroxylation is 1. The minimum absolute atomic E-state index is 0.0380. The van der Waals surface area contributed by atoms with Crippen LogP contribution in [-0.2, 0) is 17.7 Å². The standard InChI is InChI=1S/C16H28N2O3/c1-6-14-13(10-18(7-2)8-3)9-15(21-14)16(19)17-12(4)11-20-5/h9,12H,6-8,10-11H2,1-5H3,(H,17,19)/t12-/m0/s1. The van der Waals surface area contributed by atoms with E-state index in [-0.39, 0.29) is 11.9 Å². The van der Waals surface area contributed by atoms with Gasteiger partial charge in [-0.15, -0.1) is 0 Å². The summed E-state index contributed by atoms with van der Waals surface area (Å²) in [6.07, 6.45) is 0.789. The first-order valence-corrected chi connectivity index (χ1v) is 7.69. The third-order valence-electron chi connectivity index (χ3n) is 3.52. The van der Waals surface area contributed by atoms with Gasteiger partial charge in [0.1, 0.15) is 5.76 Å². The predicted octanol–water partition coefficient (Wildman–Crippen LogP) is 2.45. The number of furan rings is 1. The molecule has 1 N–H and O–H groups in total. The first kappa shape index (κ1) is 17.7. The Morgan fingerprint density at radius 2 is 2.05 bits per heavy atom. The molecule has 0 radical (unpaired) electrons. The number of hydrogen-bond donors (Lipinski definition) is 1. The minimum Gasteiger partial charge on any atom is -0.456 e. The van der Waals surface area contributed by atoms with E-state index in [1.807, 2.05) is 19.9 Å². The zero-order chi connectivity index (χ0) is 15.8. The summed E-state index contributed by atoms with van der Waals surface area (Å²) in [4.78, 5) is 14.5. The molecule has 120 valence electrons. The third kappa shape index (κ3) is 5.17. The number of amides is 1. The molecule has 0 aliphatic heterocycles. The van der Waals surface area contributed by atoms with Gasteiger partial charge in [-0.2, -0.15) is 0 Å². The van der Waals surface area contributed by atoms with Crippen LogP contribution in [0, 0.1) is 0 Å². The van der Waals surface area contributed by atoms with Crippen molar-refractivity contribution in [2.24, 2.45) is 0 Å². The molecule has 1 rings (SSSR count). The summed E-state index contributed by atoms with van der Waals surface area (Å²) in [5.74, 6) is 1.10. The average molecular weight is 296 g/mol. The summed E-state index contributed by atoms with van der Waals surface area (Å²) < 4.78 is 10.7. The molecule has 1 amide bonds. The third-order valence-corrected chi connectivity index (χ3v) is 3.52. The first-order valence-electron chi connectivity index (χ1n) is 7.69. The topological polar surface area (TPSA) is 54.7 Å². The Labute approximate surface area is 127 Å². The van der Waals surface area contributed by atoms with Gasteiger partial charge in [0.05, 0.1) is 6.61 Å². The van der Waals surface area contributed by atoms with Gasteiger partial charge in [0.2, 0.25) is 0 Å². The number of carbonyl (C=O) groups excluding carboxylic acids is 1. The normalized spacial score (nSPS) is 12.7. The van der Waals surface area contributed by atoms with Crippen molar-refractivity contribution < 1.29 is 13.9 Å². The maximum absolute atomic E-state index is 12.2. The van der Waals surface area contributed by atoms with Crippen molar-refractivity contribution in [1.82, 2.24) is 10.2 Å². The molecule has 5 nitrogen and oxygen atoms in total. The van der Waals surface area contributed by atoms with Crippen LogP contribution < -0.4 is 5.32 Å². The number of nitrogens with zero attached hydrogens (tertiary/aromatic N) is 1. The number of ether oxygens (including phenoxy) is 1. The van der Waals surface area contributed by atoms with Crippen molar-refractivity contribution in [3.63, 3.8) is 0 Å². The summed E-state index contributed by atoms with van der Waals surface area (Å²) in [7, 11) is 1.62. The van der Waals surface area contributed by atoms with Gasteiger partial charge in [0, 0.05) is 31.7 Å². The number of hydrogen-bond acceptors (Lipinski definition) is 4. The summed E-state index contributed by atoms with van der Waals surface area (Å²) in [6.45, 7) is 11.5. The number of rotatable bonds is 9. The highest BCUT2D eigenvalue weighted by molar-refractivity contribution is 5.92. The summed E-state index contributed by atoms with van der Waals surface area (Å²) >= 11 is 0. The SMILES string of the molecule is CCc1oc(C(=O)N[C@@H](C)COC)cc1CN(CC)CC. The fraction of sp³-hybridized carbons (Fsp3) is 0.688. The van der Waals surface area contributed by atoms with Gasteiger partial charge < -0.3 is 14.5 Å². The van der Waals surface area contributed by atoms with Crippen molar-refractivity contribution in [1.29, 1.82) is 0 Å². The molecule has 0 unspecified atom stereocenters. The maximum atomic E-state index is 12.2. The van der Waals surface area contributed by atoms with Crippen LogP contribution in [0.1, 0.15) is 49.6 Å². The molecule has 1 atom stereocenters. The second-order valence-electron chi connectivity index (χ2n) is 5.20. The molecule has 21 heavy (non-hydrogen) atoms. The molecule has 0 spiro atoms. The van der Waals surface area contributed by atoms with Crippen molar-refractivity contribution >= 4 is 5.91 Å². The molecular formula is C16H28N2O3. The Hall–Kier alpha value is -1.33. The van der Waals surface area contributed by atoms with Gasteiger partial charge >= 0.3 is 0 Å². The lowest BCUT2D eigenvalue weighted by atomic mass is 10.2. The average Bonchev–Trinajstić information content (AvgIpc) is 2.87. The summed E-state index contributed by atoms with van der Waals surface area (Å²) in [6, 6.07) is 1.83. The molecule has 0 fully saturated rings. The zero-order valence-corrected chi connectivity index (χ0v) is 13.9. The summed E-state index contributed by atoms with van der Waals surface area (Å²) in [5, 5.41) is 2.87. The van der Waals surface area contributed by atoms with Gasteiger partial charge in [-0.3, -0.25) is 9.69 Å². The lowest BCUT2D eigenvalue weighted by Gasteiger charge is -2.17. The molecule has 0 saturated heterocycles. The van der Waals surface area contributed by atoms with E-state index in [2.05, 4.69) is 24.1 Å². The molecule has 1 aromatic rings. The van der Waals surface area contributed by atoms with Crippen molar-refractivity contribution in [3.05, 3.63) is 23.2 Å². The Morgan fingerprint density at radius 3 is 2.57 bits per heavy atom. The molecule has 0 aliphatic carbocycles. The highest BCUT2D eigenvalue weighted by Gasteiger charge is 2.18. The Bertz CT molecular complexity index is 439. The van der Waals surface area contributed by atoms with Gasteiger partial charge in [-0.05, 0) is 26.1 Å². The van der Waals surface area contributed by atoms with Crippen LogP contribution in [0.4, 0.5) is 0 Å². The number of methoxy groups -OCH3 is 1. The van der Waals surface area contributed by atoms with Crippen LogP contribution in [0.5, 0.6) is 0 Å². The second kappa shape index (κ2) is 8.85. The molecule has 0 bridgehead atoms. The molecule has 1 aromatic heterocycles. The molecule has 1 heterocycles. The van der Waals surface area contributed by atoms with Gasteiger partial charge in [-0.1, -0.05) is 20.8 Å². The van der Waals surface area contributed by atoms with E-state index in [1.165, 1.54) is 0 Å². The van der Waals surface area contributed by atoms with Crippen molar-refractivity contribution in [2.45, 2.75) is 46.7 Å². The van der Waals surface area contributed by atoms with E-state index in [0.717, 1.165) is 37.4 Å². The van der Waals surface area contributed by atoms with E-state index in [9.17, 15) is 4.79 Å². The van der Waals surface area contributed by atoms with Crippen LogP contribution in [0.3, 0.4) is 0 Å². The zero-order valence-electron chi connectivity index (χ0n) is 13.9. The van der Waals surface area contributed by atoms with Crippen LogP contribution in [0.2, 0.25) is 0 Å². The van der Waals surface area contributed by atoms with Crippen molar-refractivity contribution in [2.75, 3.05) is 26.8 Å². The Morgan fingerprint density at radius 1 is 1.38 bits per heavy atom. The highest BCUT2D eigenvalue weighted by Crippen LogP contribution is 2.18. The largest absolute Gasteiger partial charge is 0.456 e. The monoisotopic (exact) mass is 296 g/mol. The smallest absolute Gasteiger partial charge is 0.287 e. The molecule has 0 aliphatic rings. The molecule has 0 aromatic carbocycles.